The van der Waals surface area contributed by atoms with E-state index in [1.807, 2.05) is 30.3 Å². The Morgan fingerprint density at radius 1 is 1.12 bits per heavy atom. The summed E-state index contributed by atoms with van der Waals surface area (Å²) in [6.07, 6.45) is 1.46. The molecule has 16 heavy (non-hydrogen) atoms. The van der Waals surface area contributed by atoms with Crippen molar-refractivity contribution in [1.82, 2.24) is 4.98 Å². The molecule has 2 nitrogen and oxygen atoms in total. The zero-order valence-electron chi connectivity index (χ0n) is 8.15. The lowest BCUT2D eigenvalue weighted by Gasteiger charge is -2.07. The lowest BCUT2D eigenvalue weighted by Crippen LogP contribution is -1.96. The van der Waals surface area contributed by atoms with Gasteiger partial charge in [0.05, 0.1) is 0 Å². The molecule has 1 heterocycles. The molecule has 2 rings (SSSR count). The van der Waals surface area contributed by atoms with Gasteiger partial charge in [-0.25, -0.2) is 4.98 Å². The first kappa shape index (κ1) is 11.1. The summed E-state index contributed by atoms with van der Waals surface area (Å²) < 4.78 is 0. The Hall–Kier alpha value is -1.38. The predicted octanol–water partition coefficient (Wildman–Crippen LogP) is 3.78. The largest absolute Gasteiger partial charge is 0.276 e. The van der Waals surface area contributed by atoms with Crippen LogP contribution in [0.25, 0.3) is 11.1 Å². The Morgan fingerprint density at radius 2 is 1.81 bits per heavy atom. The van der Waals surface area contributed by atoms with Gasteiger partial charge in [0.2, 0.25) is 0 Å². The molecule has 0 amide bonds. The number of carbonyl (C=O) groups excluding carboxylic acids is 1. The topological polar surface area (TPSA) is 30.0 Å². The van der Waals surface area contributed by atoms with Crippen molar-refractivity contribution in [3.63, 3.8) is 0 Å². The molecule has 0 unspecified atom stereocenters. The van der Waals surface area contributed by atoms with Crippen molar-refractivity contribution in [2.45, 2.75) is 0 Å². The lowest BCUT2D eigenvalue weighted by atomic mass is 10.0. The molecular formula is C12H7Cl2NO. The van der Waals surface area contributed by atoms with Crippen molar-refractivity contribution >= 4 is 28.4 Å². The van der Waals surface area contributed by atoms with Crippen LogP contribution in [0, 0.1) is 0 Å². The Balaban J connectivity index is 2.68. The highest BCUT2D eigenvalue weighted by molar-refractivity contribution is 6.68. The second-order valence-electron chi connectivity index (χ2n) is 3.16. The van der Waals surface area contributed by atoms with Gasteiger partial charge in [-0.15, -0.1) is 0 Å². The average molecular weight is 252 g/mol. The monoisotopic (exact) mass is 251 g/mol. The van der Waals surface area contributed by atoms with E-state index >= 15 is 0 Å². The number of hydrogen-bond acceptors (Lipinski definition) is 2. The molecule has 1 aromatic heterocycles. The number of nitrogens with zero attached hydrogens (tertiary/aromatic N) is 1. The first-order valence-electron chi connectivity index (χ1n) is 4.60. The summed E-state index contributed by atoms with van der Waals surface area (Å²) in [6, 6.07) is 10.9. The first-order valence-corrected chi connectivity index (χ1v) is 5.35. The Kier molecular flexibility index (Phi) is 3.22. The van der Waals surface area contributed by atoms with E-state index in [1.165, 1.54) is 6.20 Å². The average Bonchev–Trinajstić information content (AvgIpc) is 2.29. The summed E-state index contributed by atoms with van der Waals surface area (Å²) in [4.78, 5) is 15.2. The van der Waals surface area contributed by atoms with Crippen LogP contribution in [0.4, 0.5) is 0 Å². The van der Waals surface area contributed by atoms with Gasteiger partial charge in [-0.2, -0.15) is 0 Å². The van der Waals surface area contributed by atoms with Gasteiger partial charge in [0, 0.05) is 17.3 Å². The highest BCUT2D eigenvalue weighted by Crippen LogP contribution is 2.30. The maximum Gasteiger partial charge on any atom is 0.253 e. The molecule has 0 aliphatic heterocycles. The van der Waals surface area contributed by atoms with Crippen molar-refractivity contribution in [2.24, 2.45) is 0 Å². The lowest BCUT2D eigenvalue weighted by molar-refractivity contribution is 0.108. The molecule has 0 N–H and O–H groups in total. The second-order valence-corrected chi connectivity index (χ2v) is 3.87. The molecular weight excluding hydrogens is 245 g/mol. The third kappa shape index (κ3) is 2.08. The van der Waals surface area contributed by atoms with Gasteiger partial charge in [-0.1, -0.05) is 41.9 Å². The fraction of sp³-hybridized carbons (Fsp3) is 0. The number of hydrogen-bond donors (Lipinski definition) is 0. The van der Waals surface area contributed by atoms with Gasteiger partial charge in [-0.3, -0.25) is 4.79 Å². The SMILES string of the molecule is O=C(Cl)c1ccnc(Cl)c1-c1ccccc1. The number of rotatable bonds is 2. The van der Waals surface area contributed by atoms with Crippen LogP contribution >= 0.6 is 23.2 Å². The molecule has 0 saturated carbocycles. The van der Waals surface area contributed by atoms with E-state index in [0.717, 1.165) is 5.56 Å². The number of pyridine rings is 1. The second kappa shape index (κ2) is 4.64. The van der Waals surface area contributed by atoms with E-state index in [1.54, 1.807) is 6.07 Å². The summed E-state index contributed by atoms with van der Waals surface area (Å²) in [5, 5.41) is -0.263. The number of benzene rings is 1. The minimum absolute atomic E-state index is 0.276. The Bertz CT molecular complexity index is 526. The van der Waals surface area contributed by atoms with E-state index in [0.29, 0.717) is 11.1 Å². The van der Waals surface area contributed by atoms with Gasteiger partial charge in [0.25, 0.3) is 5.24 Å². The smallest absolute Gasteiger partial charge is 0.253 e. The molecule has 0 radical (unpaired) electrons. The molecule has 0 aliphatic carbocycles. The highest BCUT2D eigenvalue weighted by Gasteiger charge is 2.14. The fourth-order valence-corrected chi connectivity index (χ4v) is 1.90. The molecule has 2 aromatic rings. The predicted molar refractivity (Wildman–Crippen MR) is 64.9 cm³/mol. The molecule has 0 fully saturated rings. The van der Waals surface area contributed by atoms with E-state index in [4.69, 9.17) is 23.2 Å². The minimum atomic E-state index is -0.539. The molecule has 1 aromatic carbocycles. The van der Waals surface area contributed by atoms with E-state index < -0.39 is 5.24 Å². The van der Waals surface area contributed by atoms with Crippen LogP contribution in [0.5, 0.6) is 0 Å². The molecule has 0 aliphatic rings. The normalized spacial score (nSPS) is 10.1. The van der Waals surface area contributed by atoms with Crippen molar-refractivity contribution in [3.05, 3.63) is 53.3 Å². The first-order chi connectivity index (χ1) is 7.70. The molecule has 80 valence electrons. The zero-order valence-corrected chi connectivity index (χ0v) is 9.66. The maximum atomic E-state index is 11.3. The van der Waals surface area contributed by atoms with Gasteiger partial charge in [0.15, 0.2) is 0 Å². The summed E-state index contributed by atoms with van der Waals surface area (Å²) >= 11 is 11.5. The molecule has 0 saturated heterocycles. The summed E-state index contributed by atoms with van der Waals surface area (Å²) in [5.74, 6) is 0. The van der Waals surface area contributed by atoms with Crippen LogP contribution < -0.4 is 0 Å². The number of carbonyl (C=O) groups is 1. The molecule has 0 spiro atoms. The van der Waals surface area contributed by atoms with Crippen molar-refractivity contribution in [3.8, 4) is 11.1 Å². The molecule has 0 atom stereocenters. The van der Waals surface area contributed by atoms with Crippen LogP contribution in [0.2, 0.25) is 5.15 Å². The van der Waals surface area contributed by atoms with E-state index in [-0.39, 0.29) is 5.15 Å². The van der Waals surface area contributed by atoms with E-state index in [2.05, 4.69) is 4.98 Å². The van der Waals surface area contributed by atoms with Crippen LogP contribution in [-0.2, 0) is 0 Å². The van der Waals surface area contributed by atoms with Gasteiger partial charge >= 0.3 is 0 Å². The third-order valence-corrected chi connectivity index (χ3v) is 2.67. The Morgan fingerprint density at radius 3 is 2.44 bits per heavy atom. The fourth-order valence-electron chi connectivity index (χ4n) is 1.48. The minimum Gasteiger partial charge on any atom is -0.276 e. The van der Waals surface area contributed by atoms with Crippen LogP contribution in [0.1, 0.15) is 10.4 Å². The van der Waals surface area contributed by atoms with Crippen molar-refractivity contribution < 1.29 is 4.79 Å². The van der Waals surface area contributed by atoms with Crippen molar-refractivity contribution in [2.75, 3.05) is 0 Å². The van der Waals surface area contributed by atoms with Gasteiger partial charge in [0.1, 0.15) is 5.15 Å². The maximum absolute atomic E-state index is 11.3. The van der Waals surface area contributed by atoms with Crippen LogP contribution in [0.3, 0.4) is 0 Å². The van der Waals surface area contributed by atoms with E-state index in [9.17, 15) is 4.79 Å². The number of aromatic nitrogens is 1. The zero-order chi connectivity index (χ0) is 11.5. The highest BCUT2D eigenvalue weighted by atomic mass is 35.5. The number of halogens is 2. The van der Waals surface area contributed by atoms with Gasteiger partial charge < -0.3 is 0 Å². The van der Waals surface area contributed by atoms with Crippen LogP contribution in [-0.4, -0.2) is 10.2 Å². The standard InChI is InChI=1S/C12H7Cl2NO/c13-11-10(8-4-2-1-3-5-8)9(12(14)16)6-7-15-11/h1-7H. The summed E-state index contributed by atoms with van der Waals surface area (Å²) in [6.45, 7) is 0. The quantitative estimate of drug-likeness (QED) is 0.601. The third-order valence-electron chi connectivity index (χ3n) is 2.18. The van der Waals surface area contributed by atoms with Gasteiger partial charge in [-0.05, 0) is 23.2 Å². The van der Waals surface area contributed by atoms with Crippen LogP contribution in [0.15, 0.2) is 42.6 Å². The van der Waals surface area contributed by atoms with Crippen molar-refractivity contribution in [1.29, 1.82) is 0 Å². The molecule has 4 heteroatoms. The summed E-state index contributed by atoms with van der Waals surface area (Å²) in [7, 11) is 0. The summed E-state index contributed by atoms with van der Waals surface area (Å²) in [5.41, 5.74) is 1.77. The molecule has 0 bridgehead atoms. The Labute approximate surface area is 103 Å².